The van der Waals surface area contributed by atoms with E-state index in [1.165, 1.54) is 6.20 Å². The van der Waals surface area contributed by atoms with Crippen LogP contribution < -0.4 is 24.3 Å². The second kappa shape index (κ2) is 14.2. The number of fused-ring (bicyclic) bond motifs is 1. The Morgan fingerprint density at radius 2 is 1.78 bits per heavy atom. The van der Waals surface area contributed by atoms with Crippen LogP contribution in [0.5, 0.6) is 23.0 Å². The Balaban J connectivity index is 1.40. The minimum absolute atomic E-state index is 0.0938. The zero-order chi connectivity index (χ0) is 31.8. The molecule has 11 heteroatoms. The molecule has 3 N–H and O–H groups in total. The number of carboxylic acid groups (broad SMARTS) is 1. The van der Waals surface area contributed by atoms with Crippen molar-refractivity contribution in [2.75, 3.05) is 19.8 Å². The maximum atomic E-state index is 11.4. The summed E-state index contributed by atoms with van der Waals surface area (Å²) in [6.45, 7) is 2.50. The van der Waals surface area contributed by atoms with Crippen LogP contribution in [0.2, 0.25) is 0 Å². The zero-order valence-corrected chi connectivity index (χ0v) is 24.4. The van der Waals surface area contributed by atoms with Gasteiger partial charge in [0.05, 0.1) is 17.7 Å². The number of aliphatic hydroxyl groups is 1. The number of hydrogen-bond donors (Lipinski definition) is 3. The van der Waals surface area contributed by atoms with Crippen molar-refractivity contribution in [3.8, 4) is 46.3 Å². The molecule has 1 atom stereocenters. The molecule has 0 radical (unpaired) electrons. The number of aryl methyl sites for hydroxylation is 1. The number of aliphatic hydroxyl groups excluding tert-OH is 1. The summed E-state index contributed by atoms with van der Waals surface area (Å²) in [6.07, 6.45) is 3.05. The Bertz CT molecular complexity index is 1790. The number of benzene rings is 3. The van der Waals surface area contributed by atoms with Crippen molar-refractivity contribution in [3.63, 3.8) is 0 Å². The number of nitrogens with one attached hydrogen (secondary N) is 1. The maximum Gasteiger partial charge on any atom is 0.323 e. The monoisotopic (exact) mass is 606 g/mol. The molecule has 228 valence electrons. The van der Waals surface area contributed by atoms with E-state index >= 15 is 0 Å². The van der Waals surface area contributed by atoms with Crippen LogP contribution in [0, 0.1) is 29.6 Å². The Hall–Kier alpha value is -5.62. The summed E-state index contributed by atoms with van der Waals surface area (Å²) in [4.78, 5) is 15.5. The number of aliphatic carboxylic acids is 1. The van der Waals surface area contributed by atoms with Gasteiger partial charge in [0.1, 0.15) is 56.1 Å². The Labute approximate surface area is 259 Å². The number of ether oxygens (including phenoxy) is 4. The average molecular weight is 607 g/mol. The van der Waals surface area contributed by atoms with Gasteiger partial charge in [-0.2, -0.15) is 10.5 Å². The highest BCUT2D eigenvalue weighted by Gasteiger charge is 2.19. The van der Waals surface area contributed by atoms with E-state index < -0.39 is 18.6 Å². The van der Waals surface area contributed by atoms with E-state index in [-0.39, 0.29) is 19.8 Å². The molecular formula is C34H30N4O7. The van der Waals surface area contributed by atoms with Gasteiger partial charge in [-0.3, -0.25) is 15.1 Å². The molecule has 0 aliphatic carbocycles. The second-order valence-electron chi connectivity index (χ2n) is 10.3. The predicted octanol–water partition coefficient (Wildman–Crippen LogP) is 4.26. The zero-order valence-electron chi connectivity index (χ0n) is 24.4. The Morgan fingerprint density at radius 3 is 2.53 bits per heavy atom. The van der Waals surface area contributed by atoms with Gasteiger partial charge < -0.3 is 29.2 Å². The first kappa shape index (κ1) is 30.8. The lowest BCUT2D eigenvalue weighted by Crippen LogP contribution is -2.39. The summed E-state index contributed by atoms with van der Waals surface area (Å²) in [6, 6.07) is 19.6. The first-order chi connectivity index (χ1) is 21.9. The first-order valence-electron chi connectivity index (χ1n) is 14.1. The van der Waals surface area contributed by atoms with Crippen molar-refractivity contribution in [2.45, 2.75) is 32.7 Å². The minimum Gasteiger partial charge on any atom is -0.488 e. The average Bonchev–Trinajstić information content (AvgIpc) is 3.07. The van der Waals surface area contributed by atoms with E-state index in [2.05, 4.69) is 22.4 Å². The first-order valence-corrected chi connectivity index (χ1v) is 14.1. The van der Waals surface area contributed by atoms with E-state index in [1.807, 2.05) is 49.4 Å². The highest BCUT2D eigenvalue weighted by atomic mass is 16.6. The molecule has 3 aromatic carbocycles. The van der Waals surface area contributed by atoms with Gasteiger partial charge in [-0.1, -0.05) is 24.3 Å². The van der Waals surface area contributed by atoms with Crippen molar-refractivity contribution < 1.29 is 34.0 Å². The number of carbonyl (C=O) groups is 1. The van der Waals surface area contributed by atoms with Crippen LogP contribution in [-0.2, 0) is 24.6 Å². The van der Waals surface area contributed by atoms with Gasteiger partial charge >= 0.3 is 5.97 Å². The summed E-state index contributed by atoms with van der Waals surface area (Å²) < 4.78 is 23.7. The lowest BCUT2D eigenvalue weighted by atomic mass is 9.96. The van der Waals surface area contributed by atoms with Gasteiger partial charge in [0.15, 0.2) is 11.5 Å². The van der Waals surface area contributed by atoms with Crippen molar-refractivity contribution in [1.29, 1.82) is 10.5 Å². The molecule has 0 saturated heterocycles. The lowest BCUT2D eigenvalue weighted by Gasteiger charge is -2.20. The third kappa shape index (κ3) is 7.31. The largest absolute Gasteiger partial charge is 0.488 e. The molecule has 0 unspecified atom stereocenters. The Kier molecular flexibility index (Phi) is 9.75. The van der Waals surface area contributed by atoms with E-state index in [9.17, 15) is 25.5 Å². The molecule has 4 aromatic rings. The normalized spacial score (nSPS) is 12.4. The second-order valence-corrected chi connectivity index (χ2v) is 10.3. The molecule has 0 fully saturated rings. The summed E-state index contributed by atoms with van der Waals surface area (Å²) in [5.74, 6) is 1.04. The third-order valence-electron chi connectivity index (χ3n) is 7.19. The summed E-state index contributed by atoms with van der Waals surface area (Å²) in [7, 11) is 0. The number of aromatic nitrogens is 1. The molecule has 1 aliphatic rings. The van der Waals surface area contributed by atoms with Gasteiger partial charge in [-0.05, 0) is 47.9 Å². The molecule has 1 aliphatic heterocycles. The van der Waals surface area contributed by atoms with Crippen molar-refractivity contribution in [3.05, 3.63) is 100 Å². The van der Waals surface area contributed by atoms with Gasteiger partial charge in [0, 0.05) is 41.7 Å². The molecule has 45 heavy (non-hydrogen) atoms. The molecule has 5 rings (SSSR count). The molecule has 11 nitrogen and oxygen atoms in total. The van der Waals surface area contributed by atoms with Gasteiger partial charge in [-0.25, -0.2) is 0 Å². The molecular weight excluding hydrogens is 576 g/mol. The summed E-state index contributed by atoms with van der Waals surface area (Å²) in [5.41, 5.74) is 5.17. The topological polar surface area (TPSA) is 167 Å². The van der Waals surface area contributed by atoms with Crippen LogP contribution in [0.3, 0.4) is 0 Å². The number of rotatable bonds is 12. The van der Waals surface area contributed by atoms with Gasteiger partial charge in [0.2, 0.25) is 0 Å². The third-order valence-corrected chi connectivity index (χ3v) is 7.19. The van der Waals surface area contributed by atoms with Gasteiger partial charge in [-0.15, -0.1) is 0 Å². The molecule has 0 bridgehead atoms. The fraction of sp³-hybridized carbons (Fsp3) is 0.235. The fourth-order valence-corrected chi connectivity index (χ4v) is 4.87. The fourth-order valence-electron chi connectivity index (χ4n) is 4.87. The predicted molar refractivity (Wildman–Crippen MR) is 162 cm³/mol. The lowest BCUT2D eigenvalue weighted by molar-refractivity contribution is -0.140. The number of carboxylic acids is 1. The summed E-state index contributed by atoms with van der Waals surface area (Å²) in [5, 5.41) is 41.0. The molecule has 0 saturated carbocycles. The minimum atomic E-state index is -1.18. The number of nitrogens with zero attached hydrogens (tertiary/aromatic N) is 3. The number of nitriles is 2. The van der Waals surface area contributed by atoms with Crippen LogP contribution in [-0.4, -0.2) is 47.0 Å². The molecule has 1 aromatic heterocycles. The van der Waals surface area contributed by atoms with E-state index in [0.717, 1.165) is 16.7 Å². The van der Waals surface area contributed by atoms with E-state index in [1.54, 1.807) is 18.3 Å². The number of pyridine rings is 1. The molecule has 0 amide bonds. The van der Waals surface area contributed by atoms with Crippen LogP contribution in [0.15, 0.2) is 67.0 Å². The van der Waals surface area contributed by atoms with Crippen LogP contribution >= 0.6 is 0 Å². The van der Waals surface area contributed by atoms with Crippen LogP contribution in [0.25, 0.3) is 11.1 Å². The van der Waals surface area contributed by atoms with E-state index in [4.69, 9.17) is 18.9 Å². The standard InChI is InChI=1S/C34H30N4O7/c1-21-9-26(17-38-29(18-39)34(40)41)32(44-19-23-10-22(13-35)15-37-16-23)12-31(21)45-20-25-3-2-4-27(28(25)14-36)24-5-6-30-33(11-24)43-8-7-42-30/h2-6,9-12,15-16,29,38-39H,7-8,17-20H2,1H3,(H,40,41)/t29-/m0/s1. The Morgan fingerprint density at radius 1 is 0.978 bits per heavy atom. The molecule has 0 spiro atoms. The highest BCUT2D eigenvalue weighted by Crippen LogP contribution is 2.37. The van der Waals surface area contributed by atoms with E-state index in [0.29, 0.717) is 64.0 Å². The van der Waals surface area contributed by atoms with Crippen molar-refractivity contribution in [2.24, 2.45) is 0 Å². The summed E-state index contributed by atoms with van der Waals surface area (Å²) >= 11 is 0. The van der Waals surface area contributed by atoms with Crippen molar-refractivity contribution in [1.82, 2.24) is 10.3 Å². The van der Waals surface area contributed by atoms with Crippen LogP contribution in [0.4, 0.5) is 0 Å². The SMILES string of the molecule is Cc1cc(CN[C@@H](CO)C(=O)O)c(OCc2cncc(C#N)c2)cc1OCc1cccc(-c2ccc3c(c2)OCCO3)c1C#N. The quantitative estimate of drug-likeness (QED) is 0.211. The number of hydrogen-bond acceptors (Lipinski definition) is 10. The van der Waals surface area contributed by atoms with Gasteiger partial charge in [0.25, 0.3) is 0 Å². The van der Waals surface area contributed by atoms with Crippen LogP contribution in [0.1, 0.15) is 33.4 Å². The maximum absolute atomic E-state index is 11.4. The highest BCUT2D eigenvalue weighted by molar-refractivity contribution is 5.74. The van der Waals surface area contributed by atoms with Crippen molar-refractivity contribution >= 4 is 5.97 Å². The molecule has 2 heterocycles. The smallest absolute Gasteiger partial charge is 0.323 e.